The van der Waals surface area contributed by atoms with Crippen molar-refractivity contribution in [1.82, 2.24) is 0 Å². The molecular weight excluding hydrogens is 619 g/mol. The van der Waals surface area contributed by atoms with Gasteiger partial charge in [-0.05, 0) is 94.3 Å². The molecule has 41 heavy (non-hydrogen) atoms. The Morgan fingerprint density at radius 3 is 2.63 bits per heavy atom. The van der Waals surface area contributed by atoms with Gasteiger partial charge in [0.25, 0.3) is 0 Å². The maximum absolute atomic E-state index is 6.33. The van der Waals surface area contributed by atoms with E-state index in [0.29, 0.717) is 40.0 Å². The molecule has 3 atom stereocenters. The van der Waals surface area contributed by atoms with Crippen molar-refractivity contribution >= 4 is 56.7 Å². The second-order valence-electron chi connectivity index (χ2n) is 10.2. The third-order valence-corrected chi connectivity index (χ3v) is 8.78. The number of ether oxygens (including phenoxy) is 2. The molecule has 4 aromatic rings. The number of hydrogen-bond donors (Lipinski definition) is 1. The highest BCUT2D eigenvalue weighted by Crippen LogP contribution is 2.49. The van der Waals surface area contributed by atoms with E-state index < -0.39 is 0 Å². The van der Waals surface area contributed by atoms with Crippen molar-refractivity contribution in [3.63, 3.8) is 0 Å². The van der Waals surface area contributed by atoms with Gasteiger partial charge in [0, 0.05) is 33.4 Å². The van der Waals surface area contributed by atoms with E-state index in [1.165, 1.54) is 16.8 Å². The zero-order chi connectivity index (χ0) is 28.3. The minimum Gasteiger partial charge on any atom is -0.490 e. The molecule has 4 aromatic carbocycles. The summed E-state index contributed by atoms with van der Waals surface area (Å²) in [6, 6.07) is 26.7. The summed E-state index contributed by atoms with van der Waals surface area (Å²) >= 11 is 16.0. The average molecular weight is 648 g/mol. The fraction of sp³-hybridized carbons (Fsp3) is 0.206. The van der Waals surface area contributed by atoms with Gasteiger partial charge in [0.1, 0.15) is 6.61 Å². The summed E-state index contributed by atoms with van der Waals surface area (Å²) in [4.78, 5) is 4.75. The number of nitrogens with zero attached hydrogens (tertiary/aromatic N) is 1. The van der Waals surface area contributed by atoms with E-state index in [0.717, 1.165) is 27.7 Å². The molecule has 7 heteroatoms. The molecule has 1 aliphatic carbocycles. The van der Waals surface area contributed by atoms with Crippen molar-refractivity contribution in [3.8, 4) is 11.5 Å². The van der Waals surface area contributed by atoms with Crippen LogP contribution in [-0.2, 0) is 6.61 Å². The highest BCUT2D eigenvalue weighted by Gasteiger charge is 2.37. The lowest BCUT2D eigenvalue weighted by Gasteiger charge is -2.37. The maximum Gasteiger partial charge on any atom is 0.175 e. The van der Waals surface area contributed by atoms with Crippen molar-refractivity contribution in [2.75, 3.05) is 11.9 Å². The Hall–Kier alpha value is -3.25. The van der Waals surface area contributed by atoms with Crippen molar-refractivity contribution in [1.29, 1.82) is 0 Å². The third-order valence-electron chi connectivity index (χ3n) is 7.61. The van der Waals surface area contributed by atoms with Gasteiger partial charge in [-0.15, -0.1) is 0 Å². The molecule has 0 radical (unpaired) electrons. The fourth-order valence-electron chi connectivity index (χ4n) is 5.64. The first-order valence-electron chi connectivity index (χ1n) is 13.7. The lowest BCUT2D eigenvalue weighted by Crippen LogP contribution is -2.28. The molecule has 0 unspecified atom stereocenters. The molecule has 0 spiro atoms. The first-order valence-corrected chi connectivity index (χ1v) is 15.2. The number of para-hydroxylation sites is 1. The third kappa shape index (κ3) is 6.04. The summed E-state index contributed by atoms with van der Waals surface area (Å²) in [7, 11) is 0. The van der Waals surface area contributed by atoms with E-state index in [1.54, 1.807) is 12.1 Å². The lowest BCUT2D eigenvalue weighted by atomic mass is 9.77. The number of allylic oxidation sites excluding steroid dienone is 2. The van der Waals surface area contributed by atoms with Gasteiger partial charge in [-0.25, -0.2) is 0 Å². The zero-order valence-electron chi connectivity index (χ0n) is 22.5. The Balaban J connectivity index is 1.18. The van der Waals surface area contributed by atoms with Crippen LogP contribution < -0.4 is 14.8 Å². The summed E-state index contributed by atoms with van der Waals surface area (Å²) in [6.45, 7) is 2.73. The van der Waals surface area contributed by atoms with Crippen molar-refractivity contribution in [2.24, 2.45) is 10.9 Å². The Bertz CT molecular complexity index is 1620. The predicted molar refractivity (Wildman–Crippen MR) is 173 cm³/mol. The zero-order valence-corrected chi connectivity index (χ0v) is 25.6. The molecule has 0 bridgehead atoms. The van der Waals surface area contributed by atoms with Crippen LogP contribution in [0.4, 0.5) is 11.4 Å². The molecule has 0 saturated carbocycles. The molecule has 0 saturated heterocycles. The van der Waals surface area contributed by atoms with E-state index in [9.17, 15) is 0 Å². The van der Waals surface area contributed by atoms with Gasteiger partial charge < -0.3 is 14.8 Å². The average Bonchev–Trinajstić information content (AvgIpc) is 3.47. The van der Waals surface area contributed by atoms with Gasteiger partial charge in [-0.1, -0.05) is 71.8 Å². The number of halogens is 3. The van der Waals surface area contributed by atoms with Crippen molar-refractivity contribution < 1.29 is 9.47 Å². The quantitative estimate of drug-likeness (QED) is 0.153. The predicted octanol–water partition coefficient (Wildman–Crippen LogP) is 10.3. The highest BCUT2D eigenvalue weighted by atomic mass is 79.9. The Labute approximate surface area is 259 Å². The molecule has 208 valence electrons. The van der Waals surface area contributed by atoms with E-state index in [4.69, 9.17) is 37.7 Å². The van der Waals surface area contributed by atoms with Crippen LogP contribution in [0, 0.1) is 5.92 Å². The minimum absolute atomic E-state index is 0.267. The number of rotatable bonds is 8. The van der Waals surface area contributed by atoms with Crippen LogP contribution in [-0.4, -0.2) is 12.8 Å². The van der Waals surface area contributed by atoms with Gasteiger partial charge in [0.15, 0.2) is 11.5 Å². The van der Waals surface area contributed by atoms with Crippen LogP contribution in [0.5, 0.6) is 11.5 Å². The van der Waals surface area contributed by atoms with E-state index in [1.807, 2.05) is 31.3 Å². The molecule has 0 fully saturated rings. The first-order chi connectivity index (χ1) is 20.0. The van der Waals surface area contributed by atoms with Gasteiger partial charge in [0.2, 0.25) is 0 Å². The molecule has 0 aromatic heterocycles. The van der Waals surface area contributed by atoms with Crippen LogP contribution in [0.2, 0.25) is 10.0 Å². The number of benzene rings is 4. The van der Waals surface area contributed by atoms with Gasteiger partial charge in [-0.3, -0.25) is 4.99 Å². The first kappa shape index (κ1) is 27.9. The summed E-state index contributed by atoms with van der Waals surface area (Å²) in [5.74, 6) is 2.22. The number of hydrogen-bond acceptors (Lipinski definition) is 4. The lowest BCUT2D eigenvalue weighted by molar-refractivity contribution is 0.267. The number of anilines is 1. The minimum atomic E-state index is 0.267. The SMILES string of the molecule is CCOc1cc(C=Nc2ccc([C@@H]3Nc4ccccc4[C@H]4C=CC[C@H]43)cc2)cc(Br)c1OCc1ccc(Cl)cc1Cl. The van der Waals surface area contributed by atoms with Crippen molar-refractivity contribution in [3.05, 3.63) is 128 Å². The number of aliphatic imine (C=N–C) groups is 1. The van der Waals surface area contributed by atoms with E-state index >= 15 is 0 Å². The normalized spacial score (nSPS) is 19.1. The van der Waals surface area contributed by atoms with Gasteiger partial charge >= 0.3 is 0 Å². The molecule has 1 heterocycles. The Morgan fingerprint density at radius 2 is 1.83 bits per heavy atom. The largest absolute Gasteiger partial charge is 0.490 e. The smallest absolute Gasteiger partial charge is 0.175 e. The summed E-state index contributed by atoms with van der Waals surface area (Å²) < 4.78 is 12.8. The molecule has 4 nitrogen and oxygen atoms in total. The summed E-state index contributed by atoms with van der Waals surface area (Å²) in [5, 5.41) is 4.94. The monoisotopic (exact) mass is 646 g/mol. The van der Waals surface area contributed by atoms with Crippen LogP contribution in [0.15, 0.2) is 100 Å². The van der Waals surface area contributed by atoms with E-state index in [2.05, 4.69) is 81.9 Å². The molecule has 1 N–H and O–H groups in total. The summed E-state index contributed by atoms with van der Waals surface area (Å²) in [5.41, 5.74) is 6.52. The van der Waals surface area contributed by atoms with Gasteiger partial charge in [0.05, 0.1) is 22.8 Å². The standard InChI is InChI=1S/C34H29BrCl2N2O2/c1-2-40-32-17-21(16-29(35)34(32)41-20-23-10-13-24(36)18-30(23)37)19-38-25-14-11-22(12-15-25)33-28-8-5-7-26(28)27-6-3-4-9-31(27)39-33/h3-7,9-19,26,28,33,39H,2,8,20H2,1H3/t26-,28-,33+/m1/s1. The molecule has 0 amide bonds. The summed E-state index contributed by atoms with van der Waals surface area (Å²) in [6.07, 6.45) is 7.62. The van der Waals surface area contributed by atoms with Crippen LogP contribution in [0.25, 0.3) is 0 Å². The second-order valence-corrected chi connectivity index (χ2v) is 11.9. The van der Waals surface area contributed by atoms with Crippen LogP contribution in [0.3, 0.4) is 0 Å². The topological polar surface area (TPSA) is 42.8 Å². The number of nitrogens with one attached hydrogen (secondary N) is 1. The Kier molecular flexibility index (Phi) is 8.38. The van der Waals surface area contributed by atoms with Crippen LogP contribution in [0.1, 0.15) is 47.6 Å². The Morgan fingerprint density at radius 1 is 1.00 bits per heavy atom. The molecule has 1 aliphatic heterocycles. The molecular formula is C34H29BrCl2N2O2. The second kappa shape index (κ2) is 12.3. The van der Waals surface area contributed by atoms with Gasteiger partial charge in [-0.2, -0.15) is 0 Å². The molecule has 6 rings (SSSR count). The fourth-order valence-corrected chi connectivity index (χ4v) is 6.68. The highest BCUT2D eigenvalue weighted by molar-refractivity contribution is 9.10. The number of fused-ring (bicyclic) bond motifs is 3. The van der Waals surface area contributed by atoms with E-state index in [-0.39, 0.29) is 12.6 Å². The molecule has 2 aliphatic rings. The van der Waals surface area contributed by atoms with Crippen molar-refractivity contribution in [2.45, 2.75) is 31.9 Å². The van der Waals surface area contributed by atoms with Crippen LogP contribution >= 0.6 is 39.1 Å². The maximum atomic E-state index is 6.33.